The van der Waals surface area contributed by atoms with Gasteiger partial charge in [0.1, 0.15) is 5.82 Å². The van der Waals surface area contributed by atoms with E-state index in [-0.39, 0.29) is 54.7 Å². The normalized spacial score (nSPS) is 15.8. The van der Waals surface area contributed by atoms with Gasteiger partial charge in [0.2, 0.25) is 5.91 Å². The van der Waals surface area contributed by atoms with Gasteiger partial charge in [0, 0.05) is 26.8 Å². The molecule has 1 aliphatic heterocycles. The van der Waals surface area contributed by atoms with Crippen LogP contribution in [0.2, 0.25) is 0 Å². The van der Waals surface area contributed by atoms with Gasteiger partial charge in [-0.1, -0.05) is 25.6 Å². The van der Waals surface area contributed by atoms with Crippen LogP contribution in [0.3, 0.4) is 0 Å². The Morgan fingerprint density at radius 3 is 2.74 bits per heavy atom. The Morgan fingerprint density at radius 2 is 2.09 bits per heavy atom. The predicted molar refractivity (Wildman–Crippen MR) is 127 cm³/mol. The molecule has 1 unspecified atom stereocenters. The zero-order valence-corrected chi connectivity index (χ0v) is 20.4. The second-order valence-corrected chi connectivity index (χ2v) is 9.32. The van der Waals surface area contributed by atoms with Gasteiger partial charge in [0.15, 0.2) is 10.8 Å². The van der Waals surface area contributed by atoms with Crippen molar-refractivity contribution in [1.29, 1.82) is 0 Å². The number of nitrogen functional groups attached to an aromatic ring is 1. The van der Waals surface area contributed by atoms with Crippen molar-refractivity contribution in [1.82, 2.24) is 24.3 Å². The summed E-state index contributed by atoms with van der Waals surface area (Å²) in [7, 11) is 1.47. The molecule has 0 radical (unpaired) electrons. The smallest absolute Gasteiger partial charge is 0.344 e. The van der Waals surface area contributed by atoms with E-state index >= 15 is 0 Å². The van der Waals surface area contributed by atoms with Crippen LogP contribution in [0.25, 0.3) is 0 Å². The Labute approximate surface area is 199 Å². The molecular formula is C20H31N7O6S. The number of nitrogens with one attached hydrogen (secondary N) is 2. The molecule has 13 nitrogen and oxygen atoms in total. The quantitative estimate of drug-likeness (QED) is 0.350. The predicted octanol–water partition coefficient (Wildman–Crippen LogP) is -0.390. The van der Waals surface area contributed by atoms with Crippen molar-refractivity contribution < 1.29 is 14.3 Å². The zero-order chi connectivity index (χ0) is 24.8. The third-order valence-corrected chi connectivity index (χ3v) is 6.27. The van der Waals surface area contributed by atoms with Crippen LogP contribution < -0.4 is 27.6 Å². The molecule has 1 amide bonds. The highest BCUT2D eigenvalue weighted by Crippen LogP contribution is 2.22. The number of hydrogen-bond acceptors (Lipinski definition) is 9. The maximum absolute atomic E-state index is 13.2. The minimum atomic E-state index is -0.757. The summed E-state index contributed by atoms with van der Waals surface area (Å²) in [6.45, 7) is 5.27. The molecule has 0 bridgehead atoms. The van der Waals surface area contributed by atoms with Gasteiger partial charge in [-0.05, 0) is 18.8 Å². The molecule has 34 heavy (non-hydrogen) atoms. The number of nitrogens with two attached hydrogens (primary N) is 1. The van der Waals surface area contributed by atoms with Crippen molar-refractivity contribution in [2.75, 3.05) is 43.3 Å². The molecule has 0 spiro atoms. The molecule has 1 saturated heterocycles. The molecule has 3 rings (SSSR count). The number of thioether (sulfide) groups is 1. The maximum atomic E-state index is 13.2. The first-order chi connectivity index (χ1) is 16.2. The third-order valence-electron chi connectivity index (χ3n) is 5.31. The average molecular weight is 498 g/mol. The molecule has 0 aromatic carbocycles. The molecule has 188 valence electrons. The lowest BCUT2D eigenvalue weighted by molar-refractivity contribution is -0.116. The van der Waals surface area contributed by atoms with E-state index in [1.54, 1.807) is 0 Å². The molecule has 0 saturated carbocycles. The second-order valence-electron chi connectivity index (χ2n) is 8.38. The fourth-order valence-electron chi connectivity index (χ4n) is 3.70. The first-order valence-electron chi connectivity index (χ1n) is 11.0. The largest absolute Gasteiger partial charge is 0.383 e. The van der Waals surface area contributed by atoms with Crippen LogP contribution in [0, 0.1) is 5.92 Å². The first-order valence-corrected chi connectivity index (χ1v) is 12.0. The fraction of sp³-hybridized carbons (Fsp3) is 0.650. The Bertz CT molecular complexity index is 1160. The van der Waals surface area contributed by atoms with Crippen molar-refractivity contribution in [3.63, 3.8) is 0 Å². The molecule has 1 atom stereocenters. The number of methoxy groups -OCH3 is 1. The number of aromatic nitrogens is 5. The minimum absolute atomic E-state index is 0.0480. The summed E-state index contributed by atoms with van der Waals surface area (Å²) >= 11 is 1.06. The highest BCUT2D eigenvalue weighted by atomic mass is 32.2. The molecule has 3 heterocycles. The molecule has 2 aromatic rings. The van der Waals surface area contributed by atoms with E-state index in [9.17, 15) is 19.2 Å². The van der Waals surface area contributed by atoms with Crippen LogP contribution in [-0.4, -0.2) is 68.9 Å². The van der Waals surface area contributed by atoms with E-state index in [4.69, 9.17) is 15.2 Å². The number of carbonyl (C=O) groups excluding carboxylic acids is 1. The zero-order valence-electron chi connectivity index (χ0n) is 19.5. The van der Waals surface area contributed by atoms with Gasteiger partial charge >= 0.3 is 11.4 Å². The Hall–Kier alpha value is -2.84. The maximum Gasteiger partial charge on any atom is 0.344 e. The van der Waals surface area contributed by atoms with E-state index in [2.05, 4.69) is 15.2 Å². The molecule has 2 aromatic heterocycles. The van der Waals surface area contributed by atoms with E-state index in [0.717, 1.165) is 24.6 Å². The van der Waals surface area contributed by atoms with E-state index in [0.29, 0.717) is 18.3 Å². The summed E-state index contributed by atoms with van der Waals surface area (Å²) in [4.78, 5) is 53.8. The summed E-state index contributed by atoms with van der Waals surface area (Å²) < 4.78 is 13.4. The highest BCUT2D eigenvalue weighted by Gasteiger charge is 2.26. The van der Waals surface area contributed by atoms with Gasteiger partial charge < -0.3 is 20.1 Å². The highest BCUT2D eigenvalue weighted by molar-refractivity contribution is 7.99. The number of rotatable bonds is 11. The number of hydrogen-bond donors (Lipinski definition) is 3. The van der Waals surface area contributed by atoms with E-state index in [1.807, 2.05) is 13.8 Å². The second kappa shape index (κ2) is 11.5. The van der Waals surface area contributed by atoms with Crippen molar-refractivity contribution >= 4 is 29.2 Å². The van der Waals surface area contributed by atoms with Gasteiger partial charge in [0.05, 0.1) is 25.0 Å². The summed E-state index contributed by atoms with van der Waals surface area (Å²) in [6.07, 6.45) is 1.70. The van der Waals surface area contributed by atoms with E-state index < -0.39 is 17.2 Å². The molecular weight excluding hydrogens is 466 g/mol. The number of nitrogens with zero attached hydrogens (tertiary/aromatic N) is 4. The van der Waals surface area contributed by atoms with Crippen molar-refractivity contribution in [3.8, 4) is 0 Å². The average Bonchev–Trinajstić information content (AvgIpc) is 3.42. The molecule has 14 heteroatoms. The standard InChI is InChI=1S/C20H31N7O6S/c1-12(2)9-26-16(21)15(17(29)22-18(26)30)25(6-8-32-3)14(28)11-34-20-24-23-19(31)27(20)10-13-5-4-7-33-13/h12-13H,4-11,21H2,1-3H3,(H,23,31)(H,22,29,30). The SMILES string of the molecule is COCCN(C(=O)CSc1n[nH]c(=O)n1CC1CCCO1)c1c(N)n(CC(C)C)c(=O)[nH]c1=O. The lowest BCUT2D eigenvalue weighted by atomic mass is 10.2. The number of ether oxygens (including phenoxy) is 2. The Morgan fingerprint density at radius 1 is 1.32 bits per heavy atom. The van der Waals surface area contributed by atoms with Gasteiger partial charge in [-0.25, -0.2) is 14.7 Å². The van der Waals surface area contributed by atoms with Crippen LogP contribution in [0.4, 0.5) is 11.5 Å². The van der Waals surface area contributed by atoms with Crippen molar-refractivity contribution in [2.45, 2.75) is 51.0 Å². The molecule has 4 N–H and O–H groups in total. The molecule has 1 aliphatic rings. The Kier molecular flexibility index (Phi) is 8.74. The number of H-pyrrole nitrogens is 2. The van der Waals surface area contributed by atoms with Crippen LogP contribution in [0.15, 0.2) is 19.5 Å². The van der Waals surface area contributed by atoms with E-state index in [1.165, 1.54) is 21.1 Å². The first kappa shape index (κ1) is 25.8. The number of aromatic amines is 2. The van der Waals surface area contributed by atoms with Crippen LogP contribution >= 0.6 is 11.8 Å². The summed E-state index contributed by atoms with van der Waals surface area (Å²) in [5.74, 6) is -0.584. The number of carbonyl (C=O) groups is 1. The fourth-order valence-corrected chi connectivity index (χ4v) is 4.53. The van der Waals surface area contributed by atoms with Crippen LogP contribution in [-0.2, 0) is 27.4 Å². The summed E-state index contributed by atoms with van der Waals surface area (Å²) in [5, 5.41) is 6.76. The van der Waals surface area contributed by atoms with Gasteiger partial charge in [-0.2, -0.15) is 0 Å². The molecule has 1 fully saturated rings. The summed E-state index contributed by atoms with van der Waals surface area (Å²) in [6, 6.07) is 0. The summed E-state index contributed by atoms with van der Waals surface area (Å²) in [5.41, 5.74) is 4.31. The van der Waals surface area contributed by atoms with Crippen molar-refractivity contribution in [3.05, 3.63) is 31.3 Å². The van der Waals surface area contributed by atoms with Gasteiger partial charge in [-0.3, -0.25) is 23.7 Å². The lowest BCUT2D eigenvalue weighted by Gasteiger charge is -2.24. The monoisotopic (exact) mass is 497 g/mol. The number of anilines is 2. The third kappa shape index (κ3) is 5.98. The van der Waals surface area contributed by atoms with Crippen LogP contribution in [0.1, 0.15) is 26.7 Å². The van der Waals surface area contributed by atoms with Crippen LogP contribution in [0.5, 0.6) is 0 Å². The molecule has 0 aliphatic carbocycles. The lowest BCUT2D eigenvalue weighted by Crippen LogP contribution is -2.43. The van der Waals surface area contributed by atoms with Gasteiger partial charge in [0.25, 0.3) is 5.56 Å². The topological polar surface area (TPSA) is 170 Å². The Balaban J connectivity index is 1.85. The minimum Gasteiger partial charge on any atom is -0.383 e. The van der Waals surface area contributed by atoms with Crippen molar-refractivity contribution in [2.24, 2.45) is 5.92 Å². The number of amides is 1. The van der Waals surface area contributed by atoms with Gasteiger partial charge in [-0.15, -0.1) is 5.10 Å².